The zero-order chi connectivity index (χ0) is 28.2. The number of hydrogen-bond acceptors (Lipinski definition) is 5. The van der Waals surface area contributed by atoms with Crippen molar-refractivity contribution in [2.75, 3.05) is 26.8 Å². The first-order valence-corrected chi connectivity index (χ1v) is 12.9. The van der Waals surface area contributed by atoms with E-state index in [4.69, 9.17) is 16.3 Å². The molecule has 8 nitrogen and oxygen atoms in total. The van der Waals surface area contributed by atoms with E-state index < -0.39 is 41.6 Å². The Labute approximate surface area is 227 Å². The lowest BCUT2D eigenvalue weighted by Gasteiger charge is -2.23. The van der Waals surface area contributed by atoms with Crippen molar-refractivity contribution in [1.29, 1.82) is 0 Å². The molecule has 3 aromatic rings. The number of aromatic nitrogens is 3. The average Bonchev–Trinajstić information content (AvgIpc) is 3.55. The Morgan fingerprint density at radius 1 is 1.10 bits per heavy atom. The second-order valence-electron chi connectivity index (χ2n) is 9.37. The van der Waals surface area contributed by atoms with Crippen molar-refractivity contribution in [2.45, 2.75) is 44.4 Å². The normalized spacial score (nSPS) is 14.5. The van der Waals surface area contributed by atoms with Crippen LogP contribution in [-0.2, 0) is 33.6 Å². The monoisotopic (exact) mass is 564 g/mol. The molecule has 1 atom stereocenters. The van der Waals surface area contributed by atoms with Gasteiger partial charge in [-0.15, -0.1) is 5.10 Å². The van der Waals surface area contributed by atoms with Gasteiger partial charge in [-0.05, 0) is 48.7 Å². The van der Waals surface area contributed by atoms with E-state index in [9.17, 15) is 27.6 Å². The minimum Gasteiger partial charge on any atom is -0.383 e. The number of Topliss-reactive ketones (excluding diaryl/α,β-unsaturated/α-hetero) is 1. The SMILES string of the molecule is COCCn1c(-c2ccc(Cl)cc2)nn(CC(=O)CC(C(=O)N2CCCC2)c2cccc(C(F)(F)F)c2)c1=O. The quantitative estimate of drug-likeness (QED) is 0.364. The second kappa shape index (κ2) is 12.2. The number of hydrogen-bond donors (Lipinski definition) is 0. The van der Waals surface area contributed by atoms with Crippen LogP contribution in [0.4, 0.5) is 13.2 Å². The van der Waals surface area contributed by atoms with Crippen molar-refractivity contribution in [2.24, 2.45) is 0 Å². The Bertz CT molecular complexity index is 1380. The molecule has 1 aliphatic heterocycles. The van der Waals surface area contributed by atoms with Gasteiger partial charge in [-0.3, -0.25) is 14.2 Å². The van der Waals surface area contributed by atoms with Gasteiger partial charge in [0.05, 0.1) is 24.6 Å². The summed E-state index contributed by atoms with van der Waals surface area (Å²) in [5, 5.41) is 4.86. The molecule has 1 fully saturated rings. The maximum Gasteiger partial charge on any atom is 0.416 e. The topological polar surface area (TPSA) is 86.4 Å². The minimum absolute atomic E-state index is 0.106. The van der Waals surface area contributed by atoms with Gasteiger partial charge in [-0.25, -0.2) is 9.48 Å². The Balaban J connectivity index is 1.63. The molecule has 39 heavy (non-hydrogen) atoms. The van der Waals surface area contributed by atoms with Crippen LogP contribution in [0.5, 0.6) is 0 Å². The summed E-state index contributed by atoms with van der Waals surface area (Å²) in [6, 6.07) is 11.2. The van der Waals surface area contributed by atoms with Crippen LogP contribution in [0.2, 0.25) is 5.02 Å². The van der Waals surface area contributed by atoms with Crippen molar-refractivity contribution in [3.8, 4) is 11.4 Å². The van der Waals surface area contributed by atoms with Crippen LogP contribution in [0.15, 0.2) is 53.3 Å². The predicted octanol–water partition coefficient (Wildman–Crippen LogP) is 4.40. The lowest BCUT2D eigenvalue weighted by Crippen LogP contribution is -2.35. The van der Waals surface area contributed by atoms with E-state index in [1.807, 2.05) is 0 Å². The lowest BCUT2D eigenvalue weighted by atomic mass is 9.91. The molecule has 0 radical (unpaired) electrons. The molecule has 1 saturated heterocycles. The van der Waals surface area contributed by atoms with E-state index in [1.165, 1.54) is 23.8 Å². The zero-order valence-corrected chi connectivity index (χ0v) is 22.0. The third-order valence-electron chi connectivity index (χ3n) is 6.63. The van der Waals surface area contributed by atoms with Crippen molar-refractivity contribution in [3.63, 3.8) is 0 Å². The summed E-state index contributed by atoms with van der Waals surface area (Å²) in [6.07, 6.45) is -3.39. The number of ketones is 1. The molecule has 0 N–H and O–H groups in total. The van der Waals surface area contributed by atoms with Crippen LogP contribution in [0, 0.1) is 0 Å². The summed E-state index contributed by atoms with van der Waals surface area (Å²) in [6.45, 7) is 0.929. The largest absolute Gasteiger partial charge is 0.416 e. The van der Waals surface area contributed by atoms with E-state index >= 15 is 0 Å². The molecule has 0 saturated carbocycles. The van der Waals surface area contributed by atoms with E-state index in [1.54, 1.807) is 29.2 Å². The van der Waals surface area contributed by atoms with Crippen molar-refractivity contribution in [3.05, 3.63) is 75.2 Å². The first-order chi connectivity index (χ1) is 18.6. The molecule has 2 aromatic carbocycles. The van der Waals surface area contributed by atoms with Gasteiger partial charge in [-0.2, -0.15) is 13.2 Å². The van der Waals surface area contributed by atoms with Gasteiger partial charge < -0.3 is 9.64 Å². The first-order valence-electron chi connectivity index (χ1n) is 12.5. The second-order valence-corrected chi connectivity index (χ2v) is 9.80. The number of ether oxygens (including phenoxy) is 1. The number of carbonyl (C=O) groups excluding carboxylic acids is 2. The Morgan fingerprint density at radius 2 is 1.79 bits per heavy atom. The van der Waals surface area contributed by atoms with Crippen LogP contribution >= 0.6 is 11.6 Å². The van der Waals surface area contributed by atoms with E-state index in [-0.39, 0.29) is 25.1 Å². The molecule has 0 spiro atoms. The van der Waals surface area contributed by atoms with Gasteiger partial charge in [0.2, 0.25) is 5.91 Å². The molecule has 12 heteroatoms. The predicted molar refractivity (Wildman–Crippen MR) is 138 cm³/mol. The molecule has 0 aliphatic carbocycles. The summed E-state index contributed by atoms with van der Waals surface area (Å²) in [5.74, 6) is -1.71. The molecular weight excluding hydrogens is 537 g/mol. The summed E-state index contributed by atoms with van der Waals surface area (Å²) < 4.78 is 47.7. The van der Waals surface area contributed by atoms with Gasteiger partial charge >= 0.3 is 11.9 Å². The maximum absolute atomic E-state index is 13.4. The Hall–Kier alpha value is -3.44. The maximum atomic E-state index is 13.4. The average molecular weight is 565 g/mol. The van der Waals surface area contributed by atoms with Crippen molar-refractivity contribution >= 4 is 23.3 Å². The molecule has 0 bridgehead atoms. The van der Waals surface area contributed by atoms with Crippen LogP contribution in [0.1, 0.15) is 36.3 Å². The molecular formula is C27H28ClF3N4O4. The molecule has 208 valence electrons. The van der Waals surface area contributed by atoms with Crippen LogP contribution < -0.4 is 5.69 Å². The van der Waals surface area contributed by atoms with E-state index in [0.29, 0.717) is 29.5 Å². The van der Waals surface area contributed by atoms with E-state index in [2.05, 4.69) is 5.10 Å². The highest BCUT2D eigenvalue weighted by atomic mass is 35.5. The number of methoxy groups -OCH3 is 1. The summed E-state index contributed by atoms with van der Waals surface area (Å²) in [7, 11) is 1.49. The summed E-state index contributed by atoms with van der Waals surface area (Å²) >= 11 is 5.98. The highest BCUT2D eigenvalue weighted by molar-refractivity contribution is 6.30. The number of carbonyl (C=O) groups is 2. The number of alkyl halides is 3. The Kier molecular flexibility index (Phi) is 8.91. The van der Waals surface area contributed by atoms with Crippen LogP contribution in [0.25, 0.3) is 11.4 Å². The van der Waals surface area contributed by atoms with Crippen molar-refractivity contribution in [1.82, 2.24) is 19.2 Å². The molecule has 2 heterocycles. The summed E-state index contributed by atoms with van der Waals surface area (Å²) in [4.78, 5) is 41.3. The van der Waals surface area contributed by atoms with Crippen LogP contribution in [-0.4, -0.2) is 57.7 Å². The Morgan fingerprint density at radius 3 is 2.44 bits per heavy atom. The minimum atomic E-state index is -4.60. The molecule has 1 aliphatic rings. The molecule has 4 rings (SSSR count). The fourth-order valence-electron chi connectivity index (χ4n) is 4.64. The number of benzene rings is 2. The molecule has 1 aromatic heterocycles. The highest BCUT2D eigenvalue weighted by Crippen LogP contribution is 2.33. The number of rotatable bonds is 10. The lowest BCUT2D eigenvalue weighted by molar-refractivity contribution is -0.138. The number of amides is 1. The third kappa shape index (κ3) is 6.77. The fraction of sp³-hybridized carbons (Fsp3) is 0.407. The van der Waals surface area contributed by atoms with Crippen molar-refractivity contribution < 1.29 is 27.5 Å². The molecule has 1 amide bonds. The van der Waals surface area contributed by atoms with Gasteiger partial charge in [0.15, 0.2) is 11.6 Å². The highest BCUT2D eigenvalue weighted by Gasteiger charge is 2.34. The first kappa shape index (κ1) is 28.6. The number of halogens is 4. The third-order valence-corrected chi connectivity index (χ3v) is 6.89. The zero-order valence-electron chi connectivity index (χ0n) is 21.3. The van der Waals surface area contributed by atoms with E-state index in [0.717, 1.165) is 29.7 Å². The molecule has 1 unspecified atom stereocenters. The van der Waals surface area contributed by atoms with Gasteiger partial charge in [-0.1, -0.05) is 29.8 Å². The number of nitrogens with zero attached hydrogens (tertiary/aromatic N) is 4. The fourth-order valence-corrected chi connectivity index (χ4v) is 4.76. The smallest absolute Gasteiger partial charge is 0.383 e. The number of likely N-dealkylation sites (tertiary alicyclic amines) is 1. The van der Waals surface area contributed by atoms with Gasteiger partial charge in [0, 0.05) is 37.2 Å². The van der Waals surface area contributed by atoms with Gasteiger partial charge in [0.1, 0.15) is 6.54 Å². The standard InChI is InChI=1S/C27H28ClF3N4O4/c1-39-14-13-34-24(18-7-9-21(28)10-8-18)32-35(26(34)38)17-22(36)16-23(25(37)33-11-2-3-12-33)19-5-4-6-20(15-19)27(29,30)31/h4-10,15,23H,2-3,11-14,16-17H2,1H3. The summed E-state index contributed by atoms with van der Waals surface area (Å²) in [5.41, 5.74) is -0.737. The van der Waals surface area contributed by atoms with Gasteiger partial charge in [0.25, 0.3) is 0 Å². The van der Waals surface area contributed by atoms with Crippen LogP contribution in [0.3, 0.4) is 0 Å².